The Labute approximate surface area is 173 Å². The number of para-hydroxylation sites is 1. The molecule has 2 aliphatic heterocycles. The number of halogens is 1. The number of hydrogen-bond acceptors (Lipinski definition) is 5. The van der Waals surface area contributed by atoms with Crippen molar-refractivity contribution in [2.45, 2.75) is 16.2 Å². The van der Waals surface area contributed by atoms with Crippen molar-refractivity contribution >= 4 is 52.8 Å². The van der Waals surface area contributed by atoms with Crippen LogP contribution in [0.15, 0.2) is 59.6 Å². The Kier molecular flexibility index (Phi) is 4.22. The number of nitrogens with one attached hydrogen (secondary N) is 1. The zero-order valence-corrected chi connectivity index (χ0v) is 16.7. The molecule has 2 aliphatic rings. The number of amides is 2. The number of thiazole rings is 1. The van der Waals surface area contributed by atoms with Gasteiger partial charge in [0.1, 0.15) is 11.1 Å². The minimum absolute atomic E-state index is 0.227. The summed E-state index contributed by atoms with van der Waals surface area (Å²) in [6.07, 6.45) is 0. The highest BCUT2D eigenvalue weighted by Gasteiger charge is 2.56. The Morgan fingerprint density at radius 3 is 2.43 bits per heavy atom. The molecular weight excluding hydrogens is 415 g/mol. The SMILES string of the molecule is O=C1C2Sc3[nH]c(=S)sc3C(c3ccc(F)cc3)C2C(=O)N1c1ccccc1. The Hall–Kier alpha value is -2.29. The number of H-pyrrole nitrogens is 1. The van der Waals surface area contributed by atoms with Gasteiger partial charge in [0.25, 0.3) is 0 Å². The molecule has 2 aromatic carbocycles. The van der Waals surface area contributed by atoms with E-state index in [9.17, 15) is 14.0 Å². The quantitative estimate of drug-likeness (QED) is 0.473. The fourth-order valence-electron chi connectivity index (χ4n) is 3.88. The lowest BCUT2D eigenvalue weighted by molar-refractivity contribution is -0.122. The van der Waals surface area contributed by atoms with Crippen molar-refractivity contribution in [1.29, 1.82) is 0 Å². The van der Waals surface area contributed by atoms with E-state index in [2.05, 4.69) is 4.98 Å². The van der Waals surface area contributed by atoms with Crippen LogP contribution in [0.4, 0.5) is 10.1 Å². The van der Waals surface area contributed by atoms with Crippen molar-refractivity contribution in [2.24, 2.45) is 5.92 Å². The molecular formula is C20H13FN2O2S3. The highest BCUT2D eigenvalue weighted by atomic mass is 32.2. The first-order valence-electron chi connectivity index (χ1n) is 8.62. The van der Waals surface area contributed by atoms with Crippen LogP contribution in [0.25, 0.3) is 0 Å². The van der Waals surface area contributed by atoms with Crippen molar-refractivity contribution in [3.05, 3.63) is 74.8 Å². The lowest BCUT2D eigenvalue weighted by Crippen LogP contribution is -2.32. The molecule has 1 fully saturated rings. The van der Waals surface area contributed by atoms with E-state index in [0.29, 0.717) is 9.64 Å². The monoisotopic (exact) mass is 428 g/mol. The molecule has 1 saturated heterocycles. The van der Waals surface area contributed by atoms with Gasteiger partial charge in [0, 0.05) is 10.8 Å². The van der Waals surface area contributed by atoms with E-state index in [0.717, 1.165) is 15.5 Å². The fraction of sp³-hybridized carbons (Fsp3) is 0.150. The summed E-state index contributed by atoms with van der Waals surface area (Å²) in [6, 6.07) is 15.1. The fourth-order valence-corrected chi connectivity index (χ4v) is 6.84. The molecule has 3 heterocycles. The lowest BCUT2D eigenvalue weighted by atomic mass is 9.83. The Morgan fingerprint density at radius 1 is 1.00 bits per heavy atom. The van der Waals surface area contributed by atoms with E-state index in [4.69, 9.17) is 12.2 Å². The number of rotatable bonds is 2. The number of benzene rings is 2. The van der Waals surface area contributed by atoms with Gasteiger partial charge in [-0.15, -0.1) is 11.3 Å². The summed E-state index contributed by atoms with van der Waals surface area (Å²) in [5.41, 5.74) is 1.38. The topological polar surface area (TPSA) is 53.2 Å². The average Bonchev–Trinajstić information content (AvgIpc) is 3.18. The van der Waals surface area contributed by atoms with Crippen LogP contribution >= 0.6 is 35.3 Å². The maximum Gasteiger partial charge on any atom is 0.248 e. The zero-order valence-electron chi connectivity index (χ0n) is 14.3. The Bertz CT molecular complexity index is 1140. The summed E-state index contributed by atoms with van der Waals surface area (Å²) in [6.45, 7) is 0. The maximum absolute atomic E-state index is 13.5. The van der Waals surface area contributed by atoms with E-state index in [-0.39, 0.29) is 23.5 Å². The first kappa shape index (κ1) is 17.8. The van der Waals surface area contributed by atoms with Crippen LogP contribution in [0, 0.1) is 15.7 Å². The summed E-state index contributed by atoms with van der Waals surface area (Å²) in [5.74, 6) is -1.70. The summed E-state index contributed by atoms with van der Waals surface area (Å²) in [5, 5.41) is 0.275. The van der Waals surface area contributed by atoms with Crippen LogP contribution in [-0.2, 0) is 9.59 Å². The van der Waals surface area contributed by atoms with E-state index in [1.165, 1.54) is 40.1 Å². The van der Waals surface area contributed by atoms with Crippen LogP contribution in [-0.4, -0.2) is 22.0 Å². The highest BCUT2D eigenvalue weighted by Crippen LogP contribution is 2.53. The predicted octanol–water partition coefficient (Wildman–Crippen LogP) is 4.74. The van der Waals surface area contributed by atoms with E-state index < -0.39 is 11.2 Å². The molecule has 0 saturated carbocycles. The van der Waals surface area contributed by atoms with Crippen LogP contribution in [0.5, 0.6) is 0 Å². The van der Waals surface area contributed by atoms with Crippen molar-refractivity contribution in [1.82, 2.24) is 4.98 Å². The van der Waals surface area contributed by atoms with E-state index >= 15 is 0 Å². The third-order valence-electron chi connectivity index (χ3n) is 5.07. The number of anilines is 1. The molecule has 2 amide bonds. The van der Waals surface area contributed by atoms with Gasteiger partial charge in [-0.25, -0.2) is 9.29 Å². The number of fused-ring (bicyclic) bond motifs is 2. The molecule has 5 rings (SSSR count). The summed E-state index contributed by atoms with van der Waals surface area (Å²) >= 11 is 8.08. The van der Waals surface area contributed by atoms with Gasteiger partial charge in [-0.05, 0) is 42.0 Å². The Balaban J connectivity index is 1.66. The molecule has 8 heteroatoms. The summed E-state index contributed by atoms with van der Waals surface area (Å²) in [7, 11) is 0. The predicted molar refractivity (Wildman–Crippen MR) is 110 cm³/mol. The first-order valence-corrected chi connectivity index (χ1v) is 10.7. The summed E-state index contributed by atoms with van der Waals surface area (Å²) in [4.78, 5) is 32.0. The normalized spacial score (nSPS) is 23.6. The number of carbonyl (C=O) groups excluding carboxylic acids is 2. The molecule has 28 heavy (non-hydrogen) atoms. The van der Waals surface area contributed by atoms with Gasteiger partial charge < -0.3 is 4.98 Å². The van der Waals surface area contributed by atoms with Gasteiger partial charge in [0.2, 0.25) is 11.8 Å². The van der Waals surface area contributed by atoms with E-state index in [1.54, 1.807) is 36.4 Å². The molecule has 3 aromatic rings. The average molecular weight is 429 g/mol. The standard InChI is InChI=1S/C20H13FN2O2S3/c21-11-8-6-10(7-9-11)13-14-16(27-17-15(13)28-20(26)22-17)19(25)23(18(14)24)12-4-2-1-3-5-12/h1-9,13-14,16H,(H,22,26). The summed E-state index contributed by atoms with van der Waals surface area (Å²) < 4.78 is 14.1. The van der Waals surface area contributed by atoms with Gasteiger partial charge in [0.05, 0.1) is 16.6 Å². The first-order chi connectivity index (χ1) is 13.5. The molecule has 1 N–H and O–H groups in total. The van der Waals surface area contributed by atoms with E-state index in [1.807, 2.05) is 6.07 Å². The lowest BCUT2D eigenvalue weighted by Gasteiger charge is -2.29. The molecule has 4 nitrogen and oxygen atoms in total. The minimum Gasteiger partial charge on any atom is -0.332 e. The number of hydrogen-bond donors (Lipinski definition) is 1. The highest BCUT2D eigenvalue weighted by molar-refractivity contribution is 8.01. The van der Waals surface area contributed by atoms with Gasteiger partial charge >= 0.3 is 0 Å². The van der Waals surface area contributed by atoms with Crippen LogP contribution in [0.3, 0.4) is 0 Å². The number of imide groups is 1. The van der Waals surface area contributed by atoms with Crippen molar-refractivity contribution in [2.75, 3.05) is 4.90 Å². The number of thioether (sulfide) groups is 1. The molecule has 1 aromatic heterocycles. The molecule has 3 unspecified atom stereocenters. The third-order valence-corrected chi connectivity index (χ3v) is 7.82. The van der Waals surface area contributed by atoms with Crippen LogP contribution in [0.1, 0.15) is 16.4 Å². The minimum atomic E-state index is -0.558. The molecule has 140 valence electrons. The second-order valence-electron chi connectivity index (χ2n) is 6.65. The molecule has 0 bridgehead atoms. The molecule has 0 spiro atoms. The molecule has 0 aliphatic carbocycles. The second kappa shape index (κ2) is 6.65. The van der Waals surface area contributed by atoms with Crippen LogP contribution < -0.4 is 4.90 Å². The number of aromatic nitrogens is 1. The van der Waals surface area contributed by atoms with Crippen molar-refractivity contribution in [3.8, 4) is 0 Å². The Morgan fingerprint density at radius 2 is 1.71 bits per heavy atom. The maximum atomic E-state index is 13.5. The van der Waals surface area contributed by atoms with Crippen LogP contribution in [0.2, 0.25) is 0 Å². The van der Waals surface area contributed by atoms with Gasteiger partial charge in [0.15, 0.2) is 3.95 Å². The number of aromatic amines is 1. The number of carbonyl (C=O) groups is 2. The largest absolute Gasteiger partial charge is 0.332 e. The smallest absolute Gasteiger partial charge is 0.248 e. The van der Waals surface area contributed by atoms with Gasteiger partial charge in [-0.1, -0.05) is 42.1 Å². The van der Waals surface area contributed by atoms with Gasteiger partial charge in [-0.3, -0.25) is 9.59 Å². The molecule has 0 radical (unpaired) electrons. The second-order valence-corrected chi connectivity index (χ2v) is 9.52. The van der Waals surface area contributed by atoms with Gasteiger partial charge in [-0.2, -0.15) is 0 Å². The van der Waals surface area contributed by atoms with Crippen molar-refractivity contribution < 1.29 is 14.0 Å². The third kappa shape index (κ3) is 2.67. The number of nitrogens with zero attached hydrogens (tertiary/aromatic N) is 1. The molecule has 3 atom stereocenters. The zero-order chi connectivity index (χ0) is 19.4. The van der Waals surface area contributed by atoms with Crippen molar-refractivity contribution in [3.63, 3.8) is 0 Å².